The smallest absolute Gasteiger partial charge is 0.0115 e. The van der Waals surface area contributed by atoms with Crippen molar-refractivity contribution in [2.24, 2.45) is 11.8 Å². The molecule has 0 amide bonds. The Hall–Kier alpha value is -0.0400. The van der Waals surface area contributed by atoms with Gasteiger partial charge < -0.3 is 5.32 Å². The molecule has 0 bridgehead atoms. The van der Waals surface area contributed by atoms with Gasteiger partial charge in [0.05, 0.1) is 0 Å². The molecule has 0 spiro atoms. The fraction of sp³-hybridized carbons (Fsp3) is 1.00. The fourth-order valence-electron chi connectivity index (χ4n) is 1.57. The highest BCUT2D eigenvalue weighted by atomic mass is 14.9. The summed E-state index contributed by atoms with van der Waals surface area (Å²) in [5, 5.41) is 3.36. The molecule has 0 aromatic rings. The second-order valence-electron chi connectivity index (χ2n) is 3.40. The minimum atomic E-state index is 0.782. The molecule has 54 valence electrons. The lowest BCUT2D eigenvalue weighted by Crippen LogP contribution is -2.32. The normalized spacial score (nSPS) is 22.7. The average molecular weight is 127 g/mol. The predicted octanol–water partition coefficient (Wildman–Crippen LogP) is 1.64. The van der Waals surface area contributed by atoms with Gasteiger partial charge in [0.15, 0.2) is 0 Å². The van der Waals surface area contributed by atoms with Gasteiger partial charge in [0.2, 0.25) is 0 Å². The van der Waals surface area contributed by atoms with Crippen molar-refractivity contribution in [2.75, 3.05) is 7.05 Å². The highest BCUT2D eigenvalue weighted by molar-refractivity contribution is 4.87. The summed E-state index contributed by atoms with van der Waals surface area (Å²) in [6.45, 7) is 4.58. The maximum Gasteiger partial charge on any atom is 0.0115 e. The van der Waals surface area contributed by atoms with Gasteiger partial charge in [-0.15, -0.1) is 0 Å². The topological polar surface area (TPSA) is 12.0 Å². The SMILES string of the molecule is CNC(C(C)C)C1CC1. The molecule has 1 atom stereocenters. The molecule has 1 nitrogen and oxygen atoms in total. The molecule has 0 aromatic carbocycles. The van der Waals surface area contributed by atoms with E-state index in [9.17, 15) is 0 Å². The highest BCUT2D eigenvalue weighted by Crippen LogP contribution is 2.35. The van der Waals surface area contributed by atoms with Crippen LogP contribution in [0.4, 0.5) is 0 Å². The van der Waals surface area contributed by atoms with Crippen molar-refractivity contribution in [3.8, 4) is 0 Å². The van der Waals surface area contributed by atoms with Crippen molar-refractivity contribution in [1.29, 1.82) is 0 Å². The second kappa shape index (κ2) is 2.70. The Morgan fingerprint density at radius 3 is 2.00 bits per heavy atom. The summed E-state index contributed by atoms with van der Waals surface area (Å²) >= 11 is 0. The van der Waals surface area contributed by atoms with Gasteiger partial charge in [-0.3, -0.25) is 0 Å². The van der Waals surface area contributed by atoms with Crippen LogP contribution in [0.3, 0.4) is 0 Å². The molecule has 1 saturated carbocycles. The van der Waals surface area contributed by atoms with E-state index in [1.54, 1.807) is 0 Å². The van der Waals surface area contributed by atoms with Crippen LogP contribution >= 0.6 is 0 Å². The first-order valence-electron chi connectivity index (χ1n) is 3.93. The van der Waals surface area contributed by atoms with Crippen LogP contribution in [0.15, 0.2) is 0 Å². The third-order valence-corrected chi connectivity index (χ3v) is 2.18. The van der Waals surface area contributed by atoms with Crippen LogP contribution in [-0.4, -0.2) is 13.1 Å². The van der Waals surface area contributed by atoms with Crippen molar-refractivity contribution >= 4 is 0 Å². The average Bonchev–Trinajstić information content (AvgIpc) is 2.50. The van der Waals surface area contributed by atoms with E-state index in [2.05, 4.69) is 26.2 Å². The van der Waals surface area contributed by atoms with Crippen molar-refractivity contribution in [1.82, 2.24) is 5.32 Å². The molecule has 1 aliphatic carbocycles. The lowest BCUT2D eigenvalue weighted by molar-refractivity contribution is 0.385. The second-order valence-corrected chi connectivity index (χ2v) is 3.40. The maximum atomic E-state index is 3.36. The zero-order valence-corrected chi connectivity index (χ0v) is 6.65. The van der Waals surface area contributed by atoms with Gasteiger partial charge >= 0.3 is 0 Å². The largest absolute Gasteiger partial charge is 0.316 e. The lowest BCUT2D eigenvalue weighted by atomic mass is 10.0. The third kappa shape index (κ3) is 1.68. The van der Waals surface area contributed by atoms with Crippen LogP contribution in [0.5, 0.6) is 0 Å². The molecule has 1 N–H and O–H groups in total. The van der Waals surface area contributed by atoms with E-state index in [1.165, 1.54) is 12.8 Å². The summed E-state index contributed by atoms with van der Waals surface area (Å²) in [6, 6.07) is 0.782. The quantitative estimate of drug-likeness (QED) is 0.607. The first kappa shape index (κ1) is 7.07. The van der Waals surface area contributed by atoms with Crippen molar-refractivity contribution in [3.63, 3.8) is 0 Å². The zero-order chi connectivity index (χ0) is 6.85. The van der Waals surface area contributed by atoms with Crippen LogP contribution in [0.1, 0.15) is 26.7 Å². The molecule has 1 rings (SSSR count). The molecule has 0 aliphatic heterocycles. The molecular weight excluding hydrogens is 110 g/mol. The van der Waals surface area contributed by atoms with E-state index in [4.69, 9.17) is 0 Å². The van der Waals surface area contributed by atoms with Crippen LogP contribution in [0.25, 0.3) is 0 Å². The van der Waals surface area contributed by atoms with E-state index in [0.29, 0.717) is 0 Å². The summed E-state index contributed by atoms with van der Waals surface area (Å²) in [4.78, 5) is 0. The molecule has 1 aliphatic rings. The maximum absolute atomic E-state index is 3.36. The molecule has 0 aromatic heterocycles. The summed E-state index contributed by atoms with van der Waals surface area (Å²) in [5.41, 5.74) is 0. The van der Waals surface area contributed by atoms with Crippen LogP contribution < -0.4 is 5.32 Å². The molecular formula is C8H17N. The number of hydrogen-bond acceptors (Lipinski definition) is 1. The summed E-state index contributed by atoms with van der Waals surface area (Å²) < 4.78 is 0. The number of nitrogens with one attached hydrogen (secondary N) is 1. The summed E-state index contributed by atoms with van der Waals surface area (Å²) in [5.74, 6) is 1.80. The van der Waals surface area contributed by atoms with Gasteiger partial charge in [-0.2, -0.15) is 0 Å². The predicted molar refractivity (Wildman–Crippen MR) is 40.4 cm³/mol. The Balaban J connectivity index is 2.28. The zero-order valence-electron chi connectivity index (χ0n) is 6.65. The molecule has 0 heterocycles. The monoisotopic (exact) mass is 127 g/mol. The van der Waals surface area contributed by atoms with E-state index >= 15 is 0 Å². The first-order chi connectivity index (χ1) is 4.25. The summed E-state index contributed by atoms with van der Waals surface area (Å²) in [7, 11) is 2.07. The first-order valence-corrected chi connectivity index (χ1v) is 3.93. The van der Waals surface area contributed by atoms with Crippen LogP contribution in [0, 0.1) is 11.8 Å². The minimum Gasteiger partial charge on any atom is -0.316 e. The molecule has 1 heteroatoms. The standard InChI is InChI=1S/C8H17N/c1-6(2)8(9-3)7-4-5-7/h6-9H,4-5H2,1-3H3. The lowest BCUT2D eigenvalue weighted by Gasteiger charge is -2.18. The molecule has 9 heavy (non-hydrogen) atoms. The Morgan fingerprint density at radius 1 is 1.33 bits per heavy atom. The third-order valence-electron chi connectivity index (χ3n) is 2.18. The van der Waals surface area contributed by atoms with Gasteiger partial charge in [0, 0.05) is 6.04 Å². The van der Waals surface area contributed by atoms with Gasteiger partial charge in [-0.1, -0.05) is 13.8 Å². The molecule has 0 saturated heterocycles. The van der Waals surface area contributed by atoms with E-state index in [1.807, 2.05) is 0 Å². The van der Waals surface area contributed by atoms with Crippen LogP contribution in [0.2, 0.25) is 0 Å². The number of rotatable bonds is 3. The van der Waals surface area contributed by atoms with Gasteiger partial charge in [0.25, 0.3) is 0 Å². The van der Waals surface area contributed by atoms with E-state index in [0.717, 1.165) is 17.9 Å². The Morgan fingerprint density at radius 2 is 1.89 bits per heavy atom. The van der Waals surface area contributed by atoms with E-state index in [-0.39, 0.29) is 0 Å². The number of hydrogen-bond donors (Lipinski definition) is 1. The minimum absolute atomic E-state index is 0.782. The highest BCUT2D eigenvalue weighted by Gasteiger charge is 2.31. The Labute approximate surface area is 57.8 Å². The van der Waals surface area contributed by atoms with Gasteiger partial charge in [-0.05, 0) is 31.7 Å². The molecule has 1 unspecified atom stereocenters. The fourth-order valence-corrected chi connectivity index (χ4v) is 1.57. The Bertz CT molecular complexity index is 82.6. The van der Waals surface area contributed by atoms with E-state index < -0.39 is 0 Å². The van der Waals surface area contributed by atoms with Gasteiger partial charge in [0.1, 0.15) is 0 Å². The van der Waals surface area contributed by atoms with Crippen LogP contribution in [-0.2, 0) is 0 Å². The summed E-state index contributed by atoms with van der Waals surface area (Å²) in [6.07, 6.45) is 2.90. The molecule has 0 radical (unpaired) electrons. The molecule has 1 fully saturated rings. The van der Waals surface area contributed by atoms with Crippen molar-refractivity contribution in [2.45, 2.75) is 32.7 Å². The van der Waals surface area contributed by atoms with Crippen molar-refractivity contribution < 1.29 is 0 Å². The van der Waals surface area contributed by atoms with Gasteiger partial charge in [-0.25, -0.2) is 0 Å². The Kier molecular flexibility index (Phi) is 2.12. The van der Waals surface area contributed by atoms with Crippen molar-refractivity contribution in [3.05, 3.63) is 0 Å².